The van der Waals surface area contributed by atoms with Gasteiger partial charge in [0.2, 0.25) is 0 Å². The average Bonchev–Trinajstić information content (AvgIpc) is 2.31. The Bertz CT molecular complexity index is 604. The molecule has 0 radical (unpaired) electrons. The van der Waals surface area contributed by atoms with Crippen LogP contribution in [0, 0.1) is 13.8 Å². The minimum Gasteiger partial charge on any atom is -0.0843 e. The summed E-state index contributed by atoms with van der Waals surface area (Å²) in [6.07, 6.45) is 0. The summed E-state index contributed by atoms with van der Waals surface area (Å²) in [7, 11) is 0. The zero-order valence-corrected chi connectivity index (χ0v) is 15.2. The lowest BCUT2D eigenvalue weighted by Crippen LogP contribution is -1.97. The van der Waals surface area contributed by atoms with E-state index in [0.29, 0.717) is 0 Å². The average molecular weight is 423 g/mol. The van der Waals surface area contributed by atoms with Crippen molar-refractivity contribution in [3.63, 3.8) is 0 Å². The molecule has 0 aliphatic carbocycles. The molecule has 1 unspecified atom stereocenters. The molecule has 0 N–H and O–H groups in total. The molecule has 19 heavy (non-hydrogen) atoms. The van der Waals surface area contributed by atoms with Crippen LogP contribution in [0.15, 0.2) is 34.8 Å². The van der Waals surface area contributed by atoms with Crippen molar-refractivity contribution in [2.45, 2.75) is 18.7 Å². The highest BCUT2D eigenvalue weighted by atomic mass is 79.9. The second-order valence-corrected chi connectivity index (χ2v) is 7.20. The molecule has 0 spiro atoms. The minimum absolute atomic E-state index is 0.0958. The molecule has 0 aromatic heterocycles. The van der Waals surface area contributed by atoms with Crippen LogP contribution in [-0.2, 0) is 0 Å². The van der Waals surface area contributed by atoms with Gasteiger partial charge in [-0.1, -0.05) is 61.1 Å². The summed E-state index contributed by atoms with van der Waals surface area (Å²) in [5, 5.41) is 1.52. The minimum atomic E-state index is 0.0958. The van der Waals surface area contributed by atoms with Gasteiger partial charge < -0.3 is 0 Å². The summed E-state index contributed by atoms with van der Waals surface area (Å²) in [6, 6.07) is 10.0. The molecule has 0 nitrogen and oxygen atoms in total. The summed E-state index contributed by atoms with van der Waals surface area (Å²) in [5.41, 5.74) is 4.56. The van der Waals surface area contributed by atoms with Crippen LogP contribution in [0.1, 0.15) is 27.1 Å². The van der Waals surface area contributed by atoms with Gasteiger partial charge >= 0.3 is 0 Å². The lowest BCUT2D eigenvalue weighted by Gasteiger charge is -2.16. The van der Waals surface area contributed by atoms with E-state index in [0.717, 1.165) is 31.2 Å². The monoisotopic (exact) mass is 420 g/mol. The van der Waals surface area contributed by atoms with Gasteiger partial charge in [-0.3, -0.25) is 0 Å². The van der Waals surface area contributed by atoms with Crippen LogP contribution in [0.3, 0.4) is 0 Å². The van der Waals surface area contributed by atoms with Crippen molar-refractivity contribution in [2.24, 2.45) is 0 Å². The predicted molar refractivity (Wildman–Crippen MR) is 90.8 cm³/mol. The van der Waals surface area contributed by atoms with Crippen LogP contribution in [0.25, 0.3) is 0 Å². The highest BCUT2D eigenvalue weighted by Gasteiger charge is 2.15. The number of halogens is 4. The molecule has 2 aromatic rings. The fraction of sp³-hybridized carbons (Fsp3) is 0.200. The summed E-state index contributed by atoms with van der Waals surface area (Å²) >= 11 is 19.5. The number of hydrogen-bond acceptors (Lipinski definition) is 0. The third kappa shape index (κ3) is 3.55. The van der Waals surface area contributed by atoms with Crippen molar-refractivity contribution >= 4 is 55.1 Å². The number of aryl methyl sites for hydroxylation is 2. The standard InChI is InChI=1S/C15H12Br2Cl2/c1-8-4-14(19)9(2)3-13(8)15(17)10-5-11(16)7-12(18)6-10/h3-7,15H,1-2H3. The van der Waals surface area contributed by atoms with Gasteiger partial charge in [0.05, 0.1) is 4.83 Å². The third-order valence-corrected chi connectivity index (χ3v) is 5.10. The molecule has 100 valence electrons. The Morgan fingerprint density at radius 3 is 2.26 bits per heavy atom. The van der Waals surface area contributed by atoms with Crippen molar-refractivity contribution in [3.8, 4) is 0 Å². The highest BCUT2D eigenvalue weighted by molar-refractivity contribution is 9.10. The van der Waals surface area contributed by atoms with Crippen molar-refractivity contribution in [3.05, 3.63) is 67.1 Å². The topological polar surface area (TPSA) is 0 Å². The SMILES string of the molecule is Cc1cc(C(Br)c2cc(Cl)cc(Br)c2)c(C)cc1Cl. The van der Waals surface area contributed by atoms with Gasteiger partial charge in [-0.2, -0.15) is 0 Å². The molecule has 2 aromatic carbocycles. The molecule has 0 amide bonds. The van der Waals surface area contributed by atoms with Crippen molar-refractivity contribution < 1.29 is 0 Å². The largest absolute Gasteiger partial charge is 0.0843 e. The fourth-order valence-corrected chi connectivity index (χ4v) is 3.84. The van der Waals surface area contributed by atoms with E-state index in [4.69, 9.17) is 23.2 Å². The quantitative estimate of drug-likeness (QED) is 0.464. The summed E-state index contributed by atoms with van der Waals surface area (Å²) in [6.45, 7) is 4.08. The Morgan fingerprint density at radius 1 is 0.947 bits per heavy atom. The van der Waals surface area contributed by atoms with Crippen molar-refractivity contribution in [2.75, 3.05) is 0 Å². The van der Waals surface area contributed by atoms with E-state index in [2.05, 4.69) is 50.9 Å². The van der Waals surface area contributed by atoms with E-state index >= 15 is 0 Å². The highest BCUT2D eigenvalue weighted by Crippen LogP contribution is 2.37. The first-order valence-corrected chi connectivity index (χ1v) is 8.21. The Morgan fingerprint density at radius 2 is 1.63 bits per heavy atom. The van der Waals surface area contributed by atoms with E-state index < -0.39 is 0 Å². The first-order chi connectivity index (χ1) is 8.88. The third-order valence-electron chi connectivity index (χ3n) is 3.00. The van der Waals surface area contributed by atoms with Gasteiger partial charge in [-0.05, 0) is 60.4 Å². The van der Waals surface area contributed by atoms with Gasteiger partial charge in [0.25, 0.3) is 0 Å². The molecular weight excluding hydrogens is 411 g/mol. The summed E-state index contributed by atoms with van der Waals surface area (Å²) in [4.78, 5) is 0.0958. The van der Waals surface area contributed by atoms with E-state index in [9.17, 15) is 0 Å². The number of benzene rings is 2. The maximum Gasteiger partial charge on any atom is 0.0648 e. The smallest absolute Gasteiger partial charge is 0.0648 e. The van der Waals surface area contributed by atoms with Crippen LogP contribution >= 0.6 is 55.1 Å². The van der Waals surface area contributed by atoms with Gasteiger partial charge in [0, 0.05) is 14.5 Å². The lowest BCUT2D eigenvalue weighted by molar-refractivity contribution is 1.13. The molecule has 0 aliphatic heterocycles. The zero-order chi connectivity index (χ0) is 14.2. The van der Waals surface area contributed by atoms with E-state index in [1.54, 1.807) is 0 Å². The maximum atomic E-state index is 6.14. The number of hydrogen-bond donors (Lipinski definition) is 0. The first-order valence-electron chi connectivity index (χ1n) is 5.75. The summed E-state index contributed by atoms with van der Waals surface area (Å²) < 4.78 is 0.975. The Balaban J connectivity index is 2.49. The maximum absolute atomic E-state index is 6.14. The lowest BCUT2D eigenvalue weighted by atomic mass is 9.98. The van der Waals surface area contributed by atoms with Gasteiger partial charge in [-0.25, -0.2) is 0 Å². The van der Waals surface area contributed by atoms with Crippen LogP contribution < -0.4 is 0 Å². The second-order valence-electron chi connectivity index (χ2n) is 4.52. The molecule has 0 fully saturated rings. The van der Waals surface area contributed by atoms with Crippen LogP contribution in [-0.4, -0.2) is 0 Å². The zero-order valence-electron chi connectivity index (χ0n) is 10.5. The molecule has 4 heteroatoms. The van der Waals surface area contributed by atoms with E-state index in [-0.39, 0.29) is 4.83 Å². The van der Waals surface area contributed by atoms with Crippen LogP contribution in [0.5, 0.6) is 0 Å². The Kier molecular flexibility index (Phi) is 4.99. The normalized spacial score (nSPS) is 12.5. The number of alkyl halides is 1. The van der Waals surface area contributed by atoms with Gasteiger partial charge in [0.15, 0.2) is 0 Å². The van der Waals surface area contributed by atoms with Crippen molar-refractivity contribution in [1.29, 1.82) is 0 Å². The van der Waals surface area contributed by atoms with Crippen molar-refractivity contribution in [1.82, 2.24) is 0 Å². The van der Waals surface area contributed by atoms with Crippen LogP contribution in [0.4, 0.5) is 0 Å². The Hall–Kier alpha value is -0.0200. The molecule has 0 aliphatic rings. The Labute approximate surface area is 140 Å². The molecular formula is C15H12Br2Cl2. The fourth-order valence-electron chi connectivity index (χ4n) is 1.98. The molecule has 1 atom stereocenters. The molecule has 0 heterocycles. The first kappa shape index (κ1) is 15.4. The van der Waals surface area contributed by atoms with Gasteiger partial charge in [0.1, 0.15) is 0 Å². The molecule has 0 saturated heterocycles. The van der Waals surface area contributed by atoms with E-state index in [1.165, 1.54) is 5.56 Å². The second kappa shape index (κ2) is 6.17. The van der Waals surface area contributed by atoms with Gasteiger partial charge in [-0.15, -0.1) is 0 Å². The number of rotatable bonds is 2. The summed E-state index contributed by atoms with van der Waals surface area (Å²) in [5.74, 6) is 0. The van der Waals surface area contributed by atoms with E-state index in [1.807, 2.05) is 25.1 Å². The molecule has 2 rings (SSSR count). The predicted octanol–water partition coefficient (Wildman–Crippen LogP) is 6.86. The molecule has 0 saturated carbocycles. The van der Waals surface area contributed by atoms with Crippen LogP contribution in [0.2, 0.25) is 10.0 Å². The molecule has 0 bridgehead atoms.